The molecule has 2 aromatic carbocycles. The molecule has 0 aliphatic rings. The maximum atomic E-state index is 12.3. The van der Waals surface area contributed by atoms with Crippen molar-refractivity contribution in [2.45, 2.75) is 13.5 Å². The van der Waals surface area contributed by atoms with Crippen LogP contribution in [0.3, 0.4) is 0 Å². The van der Waals surface area contributed by atoms with Crippen LogP contribution in [0, 0.1) is 0 Å². The van der Waals surface area contributed by atoms with E-state index in [0.717, 1.165) is 5.56 Å². The van der Waals surface area contributed by atoms with Gasteiger partial charge in [0.25, 0.3) is 11.8 Å². The fourth-order valence-corrected chi connectivity index (χ4v) is 2.52. The summed E-state index contributed by atoms with van der Waals surface area (Å²) in [5.41, 5.74) is 2.10. The topological polar surface area (TPSA) is 120 Å². The maximum Gasteiger partial charge on any atom is 0.513 e. The van der Waals surface area contributed by atoms with E-state index in [1.165, 1.54) is 30.7 Å². The van der Waals surface area contributed by atoms with Crippen molar-refractivity contribution in [2.75, 3.05) is 11.9 Å². The Hall–Kier alpha value is -4.27. The Kier molecular flexibility index (Phi) is 7.26. The molecule has 158 valence electrons. The number of benzene rings is 2. The normalized spacial score (nSPS) is 10.1. The Morgan fingerprint density at radius 1 is 0.935 bits per heavy atom. The Labute approximate surface area is 178 Å². The van der Waals surface area contributed by atoms with E-state index in [1.54, 1.807) is 43.3 Å². The molecular weight excluding hydrogens is 400 g/mol. The number of nitrogens with one attached hydrogen (secondary N) is 2. The molecule has 0 saturated carbocycles. The SMILES string of the molecule is CCOC(=O)Oc1ccc(C(=O)NCc2ccc(NC(=O)c3cnccn3)cc2)cc1. The van der Waals surface area contributed by atoms with Crippen LogP contribution < -0.4 is 15.4 Å². The quantitative estimate of drug-likeness (QED) is 0.445. The molecule has 0 spiro atoms. The summed E-state index contributed by atoms with van der Waals surface area (Å²) < 4.78 is 9.65. The van der Waals surface area contributed by atoms with Crippen LogP contribution in [-0.4, -0.2) is 34.5 Å². The Morgan fingerprint density at radius 2 is 1.68 bits per heavy atom. The second-order valence-electron chi connectivity index (χ2n) is 6.23. The lowest BCUT2D eigenvalue weighted by molar-refractivity contribution is 0.0950. The van der Waals surface area contributed by atoms with Crippen molar-refractivity contribution in [1.29, 1.82) is 0 Å². The molecule has 9 heteroatoms. The monoisotopic (exact) mass is 420 g/mol. The minimum atomic E-state index is -0.795. The fraction of sp³-hybridized carbons (Fsp3) is 0.136. The van der Waals surface area contributed by atoms with Crippen molar-refractivity contribution in [2.24, 2.45) is 0 Å². The highest BCUT2D eigenvalue weighted by Gasteiger charge is 2.09. The zero-order valence-electron chi connectivity index (χ0n) is 16.7. The van der Waals surface area contributed by atoms with Gasteiger partial charge in [-0.3, -0.25) is 14.6 Å². The molecule has 2 N–H and O–H groups in total. The van der Waals surface area contributed by atoms with Crippen LogP contribution in [0.4, 0.5) is 10.5 Å². The van der Waals surface area contributed by atoms with Gasteiger partial charge in [-0.05, 0) is 48.9 Å². The van der Waals surface area contributed by atoms with E-state index in [2.05, 4.69) is 20.6 Å². The summed E-state index contributed by atoms with van der Waals surface area (Å²) in [5, 5.41) is 5.53. The molecule has 0 fully saturated rings. The first-order chi connectivity index (χ1) is 15.0. The number of aromatic nitrogens is 2. The molecule has 1 heterocycles. The number of anilines is 1. The first-order valence-electron chi connectivity index (χ1n) is 9.44. The number of nitrogens with zero attached hydrogens (tertiary/aromatic N) is 2. The van der Waals surface area contributed by atoms with Crippen LogP contribution >= 0.6 is 0 Å². The molecule has 0 atom stereocenters. The third kappa shape index (κ3) is 6.36. The van der Waals surface area contributed by atoms with Gasteiger partial charge in [0.2, 0.25) is 0 Å². The molecule has 0 radical (unpaired) electrons. The van der Waals surface area contributed by atoms with Crippen molar-refractivity contribution in [3.63, 3.8) is 0 Å². The molecule has 0 saturated heterocycles. The van der Waals surface area contributed by atoms with Crippen LogP contribution in [0.15, 0.2) is 67.1 Å². The summed E-state index contributed by atoms with van der Waals surface area (Å²) in [7, 11) is 0. The van der Waals surface area contributed by atoms with Gasteiger partial charge in [0, 0.05) is 30.2 Å². The summed E-state index contributed by atoms with van der Waals surface area (Å²) in [5.74, 6) is -0.346. The molecule has 1 aromatic heterocycles. The van der Waals surface area contributed by atoms with Gasteiger partial charge in [-0.25, -0.2) is 9.78 Å². The van der Waals surface area contributed by atoms with Gasteiger partial charge in [-0.2, -0.15) is 0 Å². The molecule has 0 unspecified atom stereocenters. The standard InChI is InChI=1S/C22H20N4O5/c1-2-30-22(29)31-18-9-5-16(6-10-18)20(27)25-13-15-3-7-17(8-4-15)26-21(28)19-14-23-11-12-24-19/h3-12,14H,2,13H2,1H3,(H,25,27)(H,26,28). The van der Waals surface area contributed by atoms with Gasteiger partial charge >= 0.3 is 6.16 Å². The zero-order chi connectivity index (χ0) is 22.1. The van der Waals surface area contributed by atoms with E-state index in [-0.39, 0.29) is 29.9 Å². The molecule has 2 amide bonds. The first-order valence-corrected chi connectivity index (χ1v) is 9.44. The zero-order valence-corrected chi connectivity index (χ0v) is 16.7. The molecule has 0 aliphatic carbocycles. The van der Waals surface area contributed by atoms with Crippen LogP contribution in [0.1, 0.15) is 33.3 Å². The lowest BCUT2D eigenvalue weighted by Crippen LogP contribution is -2.22. The van der Waals surface area contributed by atoms with Crippen molar-refractivity contribution >= 4 is 23.7 Å². The third-order valence-electron chi connectivity index (χ3n) is 4.04. The highest BCUT2D eigenvalue weighted by molar-refractivity contribution is 6.02. The third-order valence-corrected chi connectivity index (χ3v) is 4.04. The average Bonchev–Trinajstić information content (AvgIpc) is 2.79. The Morgan fingerprint density at radius 3 is 2.32 bits per heavy atom. The summed E-state index contributed by atoms with van der Waals surface area (Å²) >= 11 is 0. The molecule has 0 aliphatic heterocycles. The van der Waals surface area contributed by atoms with Gasteiger partial charge in [-0.15, -0.1) is 0 Å². The highest BCUT2D eigenvalue weighted by atomic mass is 16.7. The number of amides is 2. The molecule has 31 heavy (non-hydrogen) atoms. The van der Waals surface area contributed by atoms with E-state index in [4.69, 9.17) is 9.47 Å². The first kappa shape index (κ1) is 21.4. The van der Waals surface area contributed by atoms with Crippen molar-refractivity contribution in [3.8, 4) is 5.75 Å². The Balaban J connectivity index is 1.50. The molecule has 9 nitrogen and oxygen atoms in total. The number of ether oxygens (including phenoxy) is 2. The average molecular weight is 420 g/mol. The number of carbonyl (C=O) groups is 3. The summed E-state index contributed by atoms with van der Waals surface area (Å²) in [6.45, 7) is 2.20. The smallest absolute Gasteiger partial charge is 0.434 e. The van der Waals surface area contributed by atoms with Crippen LogP contribution in [0.2, 0.25) is 0 Å². The minimum absolute atomic E-state index is 0.217. The number of hydrogen-bond donors (Lipinski definition) is 2. The van der Waals surface area contributed by atoms with Crippen molar-refractivity contribution < 1.29 is 23.9 Å². The van der Waals surface area contributed by atoms with E-state index in [9.17, 15) is 14.4 Å². The van der Waals surface area contributed by atoms with Gasteiger partial charge in [-0.1, -0.05) is 12.1 Å². The lowest BCUT2D eigenvalue weighted by Gasteiger charge is -2.08. The van der Waals surface area contributed by atoms with Gasteiger partial charge in [0.15, 0.2) is 0 Å². The molecule has 0 bridgehead atoms. The van der Waals surface area contributed by atoms with Crippen molar-refractivity contribution in [1.82, 2.24) is 15.3 Å². The number of hydrogen-bond acceptors (Lipinski definition) is 7. The highest BCUT2D eigenvalue weighted by Crippen LogP contribution is 2.14. The second-order valence-corrected chi connectivity index (χ2v) is 6.23. The number of carbonyl (C=O) groups excluding carboxylic acids is 3. The predicted octanol–water partition coefficient (Wildman–Crippen LogP) is 3.19. The van der Waals surface area contributed by atoms with Crippen molar-refractivity contribution in [3.05, 3.63) is 83.9 Å². The van der Waals surface area contributed by atoms with Gasteiger partial charge in [0.05, 0.1) is 12.8 Å². The van der Waals surface area contributed by atoms with Crippen LogP contribution in [0.5, 0.6) is 5.75 Å². The van der Waals surface area contributed by atoms with E-state index >= 15 is 0 Å². The van der Waals surface area contributed by atoms with Gasteiger partial charge in [0.1, 0.15) is 11.4 Å². The Bertz CT molecular complexity index is 1040. The van der Waals surface area contributed by atoms with Gasteiger partial charge < -0.3 is 20.1 Å². The van der Waals surface area contributed by atoms with E-state index in [0.29, 0.717) is 17.8 Å². The van der Waals surface area contributed by atoms with E-state index < -0.39 is 6.16 Å². The summed E-state index contributed by atoms with van der Waals surface area (Å²) in [4.78, 5) is 43.5. The largest absolute Gasteiger partial charge is 0.513 e. The fourth-order valence-electron chi connectivity index (χ4n) is 2.52. The van der Waals surface area contributed by atoms with Crippen LogP contribution in [0.25, 0.3) is 0 Å². The summed E-state index contributed by atoms with van der Waals surface area (Å²) in [6, 6.07) is 13.2. The molecular formula is C22H20N4O5. The second kappa shape index (κ2) is 10.5. The maximum absolute atomic E-state index is 12.3. The predicted molar refractivity (Wildman–Crippen MR) is 112 cm³/mol. The van der Waals surface area contributed by atoms with E-state index in [1.807, 2.05) is 0 Å². The van der Waals surface area contributed by atoms with Crippen LogP contribution in [-0.2, 0) is 11.3 Å². The molecule has 3 rings (SSSR count). The summed E-state index contributed by atoms with van der Waals surface area (Å²) in [6.07, 6.45) is 3.53. The number of rotatable bonds is 7. The lowest BCUT2D eigenvalue weighted by atomic mass is 10.1. The molecule has 3 aromatic rings. The minimum Gasteiger partial charge on any atom is -0.434 e.